The van der Waals surface area contributed by atoms with Gasteiger partial charge < -0.3 is 29.9 Å². The lowest BCUT2D eigenvalue weighted by atomic mass is 10.2. The third kappa shape index (κ3) is 6.04. The number of carbonyl (C=O) groups is 1. The highest BCUT2D eigenvalue weighted by Gasteiger charge is 2.19. The Hall–Kier alpha value is -3.42. The molecule has 0 saturated carbocycles. The number of aliphatic imine (C=N–C) groups is 1. The van der Waals surface area contributed by atoms with E-state index in [-0.39, 0.29) is 5.91 Å². The average Bonchev–Trinajstić information content (AvgIpc) is 2.84. The molecule has 1 heterocycles. The van der Waals surface area contributed by atoms with Crippen molar-refractivity contribution in [2.75, 3.05) is 65.4 Å². The maximum absolute atomic E-state index is 12.3. The van der Waals surface area contributed by atoms with Gasteiger partial charge in [-0.05, 0) is 42.5 Å². The minimum Gasteiger partial charge on any atom is -0.497 e. The molecule has 0 atom stereocenters. The summed E-state index contributed by atoms with van der Waals surface area (Å²) in [5, 5.41) is 6.26. The molecule has 2 N–H and O–H groups in total. The highest BCUT2D eigenvalue weighted by Crippen LogP contribution is 2.20. The molecule has 1 aliphatic heterocycles. The molecule has 0 aliphatic carbocycles. The van der Waals surface area contributed by atoms with Crippen LogP contribution < -0.4 is 25.0 Å². The smallest absolute Gasteiger partial charge is 0.251 e. The van der Waals surface area contributed by atoms with Gasteiger partial charge in [0.05, 0.1) is 14.2 Å². The van der Waals surface area contributed by atoms with Crippen molar-refractivity contribution in [2.45, 2.75) is 0 Å². The molecule has 0 radical (unpaired) electrons. The number of hydrogen-bond donors (Lipinski definition) is 2. The predicted molar refractivity (Wildman–Crippen MR) is 123 cm³/mol. The lowest BCUT2D eigenvalue weighted by molar-refractivity contribution is 0.0954. The quantitative estimate of drug-likeness (QED) is 0.400. The summed E-state index contributed by atoms with van der Waals surface area (Å²) >= 11 is 0. The Morgan fingerprint density at radius 3 is 2.26 bits per heavy atom. The molecule has 0 bridgehead atoms. The molecule has 166 valence electrons. The molecule has 8 nitrogen and oxygen atoms in total. The lowest BCUT2D eigenvalue weighted by Gasteiger charge is -2.37. The summed E-state index contributed by atoms with van der Waals surface area (Å²) in [6.07, 6.45) is 0. The molecule has 1 fully saturated rings. The van der Waals surface area contributed by atoms with Gasteiger partial charge in [0.1, 0.15) is 11.5 Å². The summed E-state index contributed by atoms with van der Waals surface area (Å²) < 4.78 is 10.4. The number of nitrogens with zero attached hydrogens (tertiary/aromatic N) is 3. The van der Waals surface area contributed by atoms with Gasteiger partial charge in [0, 0.05) is 57.6 Å². The number of amides is 1. The molecular formula is C23H31N5O3. The number of benzene rings is 2. The Bertz CT molecular complexity index is 877. The normalized spacial score (nSPS) is 14.2. The first-order valence-electron chi connectivity index (χ1n) is 10.4. The molecule has 2 aromatic rings. The van der Waals surface area contributed by atoms with E-state index < -0.39 is 0 Å². The van der Waals surface area contributed by atoms with Gasteiger partial charge in [0.15, 0.2) is 5.96 Å². The maximum Gasteiger partial charge on any atom is 0.251 e. The zero-order valence-electron chi connectivity index (χ0n) is 18.4. The number of piperazine rings is 1. The van der Waals surface area contributed by atoms with Crippen LogP contribution in [0.3, 0.4) is 0 Å². The average molecular weight is 426 g/mol. The van der Waals surface area contributed by atoms with Gasteiger partial charge in [-0.25, -0.2) is 0 Å². The Balaban J connectivity index is 1.41. The molecule has 1 aliphatic rings. The minimum absolute atomic E-state index is 0.121. The van der Waals surface area contributed by atoms with Crippen molar-refractivity contribution < 1.29 is 14.3 Å². The van der Waals surface area contributed by atoms with E-state index in [1.165, 1.54) is 5.69 Å². The fourth-order valence-corrected chi connectivity index (χ4v) is 3.52. The van der Waals surface area contributed by atoms with Gasteiger partial charge in [0.2, 0.25) is 0 Å². The van der Waals surface area contributed by atoms with Gasteiger partial charge >= 0.3 is 0 Å². The number of guanidine groups is 1. The number of anilines is 1. The molecule has 31 heavy (non-hydrogen) atoms. The van der Waals surface area contributed by atoms with Gasteiger partial charge in [-0.15, -0.1) is 0 Å². The van der Waals surface area contributed by atoms with Crippen LogP contribution in [-0.2, 0) is 0 Å². The topological polar surface area (TPSA) is 78.4 Å². The Morgan fingerprint density at radius 2 is 1.61 bits per heavy atom. The van der Waals surface area contributed by atoms with E-state index in [9.17, 15) is 4.79 Å². The third-order valence-electron chi connectivity index (χ3n) is 5.25. The number of nitrogens with one attached hydrogen (secondary N) is 2. The molecule has 2 aromatic carbocycles. The summed E-state index contributed by atoms with van der Waals surface area (Å²) in [7, 11) is 5.05. The Kier molecular flexibility index (Phi) is 7.98. The zero-order valence-corrected chi connectivity index (χ0v) is 18.4. The summed E-state index contributed by atoms with van der Waals surface area (Å²) in [5.41, 5.74) is 1.78. The SMILES string of the molecule is CN=C(NCCNC(=O)c1cccc(OC)c1)N1CCN(c2ccc(OC)cc2)CC1. The van der Waals surface area contributed by atoms with Gasteiger partial charge in [-0.2, -0.15) is 0 Å². The van der Waals surface area contributed by atoms with E-state index in [4.69, 9.17) is 9.47 Å². The summed E-state index contributed by atoms with van der Waals surface area (Å²) in [4.78, 5) is 21.3. The molecule has 8 heteroatoms. The van der Waals surface area contributed by atoms with E-state index in [1.807, 2.05) is 18.2 Å². The van der Waals surface area contributed by atoms with E-state index in [0.717, 1.165) is 37.9 Å². The lowest BCUT2D eigenvalue weighted by Crippen LogP contribution is -2.53. The van der Waals surface area contributed by atoms with Crippen LogP contribution >= 0.6 is 0 Å². The Morgan fingerprint density at radius 1 is 0.935 bits per heavy atom. The van der Waals surface area contributed by atoms with Crippen molar-refractivity contribution in [3.05, 3.63) is 54.1 Å². The van der Waals surface area contributed by atoms with Crippen LogP contribution in [0.4, 0.5) is 5.69 Å². The highest BCUT2D eigenvalue weighted by molar-refractivity contribution is 5.94. The Labute approximate surface area is 183 Å². The van der Waals surface area contributed by atoms with Gasteiger partial charge in [-0.3, -0.25) is 9.79 Å². The van der Waals surface area contributed by atoms with E-state index in [1.54, 1.807) is 39.5 Å². The molecule has 3 rings (SSSR count). The molecule has 1 saturated heterocycles. The second-order valence-corrected chi connectivity index (χ2v) is 7.13. The third-order valence-corrected chi connectivity index (χ3v) is 5.25. The van der Waals surface area contributed by atoms with Crippen molar-refractivity contribution in [1.29, 1.82) is 0 Å². The monoisotopic (exact) mass is 425 g/mol. The second kappa shape index (κ2) is 11.1. The van der Waals surface area contributed by atoms with E-state index >= 15 is 0 Å². The summed E-state index contributed by atoms with van der Waals surface area (Å²) in [6.45, 7) is 4.69. The summed E-state index contributed by atoms with van der Waals surface area (Å²) in [5.74, 6) is 2.26. The van der Waals surface area contributed by atoms with Crippen LogP contribution in [0.15, 0.2) is 53.5 Å². The van der Waals surface area contributed by atoms with Crippen LogP contribution in [0.1, 0.15) is 10.4 Å². The van der Waals surface area contributed by atoms with E-state index in [0.29, 0.717) is 24.4 Å². The van der Waals surface area contributed by atoms with Crippen LogP contribution in [0.2, 0.25) is 0 Å². The van der Waals surface area contributed by atoms with Crippen LogP contribution in [0.25, 0.3) is 0 Å². The molecule has 0 spiro atoms. The molecular weight excluding hydrogens is 394 g/mol. The molecule has 0 aromatic heterocycles. The molecule has 1 amide bonds. The van der Waals surface area contributed by atoms with Crippen LogP contribution in [0.5, 0.6) is 11.5 Å². The van der Waals surface area contributed by atoms with Crippen molar-refractivity contribution in [2.24, 2.45) is 4.99 Å². The van der Waals surface area contributed by atoms with Gasteiger partial charge in [0.25, 0.3) is 5.91 Å². The van der Waals surface area contributed by atoms with E-state index in [2.05, 4.69) is 37.6 Å². The second-order valence-electron chi connectivity index (χ2n) is 7.13. The van der Waals surface area contributed by atoms with Crippen molar-refractivity contribution in [3.8, 4) is 11.5 Å². The number of ether oxygens (including phenoxy) is 2. The first-order chi connectivity index (χ1) is 15.1. The molecule has 0 unspecified atom stereocenters. The fraction of sp³-hybridized carbons (Fsp3) is 0.391. The van der Waals surface area contributed by atoms with Gasteiger partial charge in [-0.1, -0.05) is 6.07 Å². The first-order valence-corrected chi connectivity index (χ1v) is 10.4. The number of rotatable bonds is 7. The zero-order chi connectivity index (χ0) is 22.1. The van der Waals surface area contributed by atoms with Crippen LogP contribution in [0, 0.1) is 0 Å². The summed E-state index contributed by atoms with van der Waals surface area (Å²) in [6, 6.07) is 15.3. The first kappa shape index (κ1) is 22.3. The number of carbonyl (C=O) groups excluding carboxylic acids is 1. The van der Waals surface area contributed by atoms with Crippen molar-refractivity contribution in [3.63, 3.8) is 0 Å². The largest absolute Gasteiger partial charge is 0.497 e. The highest BCUT2D eigenvalue weighted by atomic mass is 16.5. The maximum atomic E-state index is 12.3. The number of methoxy groups -OCH3 is 2. The number of hydrogen-bond acceptors (Lipinski definition) is 5. The van der Waals surface area contributed by atoms with Crippen molar-refractivity contribution >= 4 is 17.6 Å². The van der Waals surface area contributed by atoms with Crippen LogP contribution in [-0.4, -0.2) is 77.3 Å². The predicted octanol–water partition coefficient (Wildman–Crippen LogP) is 1.83. The standard InChI is InChI=1S/C23H31N5O3/c1-24-23(26-12-11-25-22(29)18-5-4-6-21(17-18)31-3)28-15-13-27(14-16-28)19-7-9-20(30-2)10-8-19/h4-10,17H,11-16H2,1-3H3,(H,24,26)(H,25,29). The fourth-order valence-electron chi connectivity index (χ4n) is 3.52. The minimum atomic E-state index is -0.121. The van der Waals surface area contributed by atoms with Crippen molar-refractivity contribution in [1.82, 2.24) is 15.5 Å².